The zero-order valence-electron chi connectivity index (χ0n) is 13.1. The van der Waals surface area contributed by atoms with E-state index < -0.39 is 57.3 Å². The van der Waals surface area contributed by atoms with Crippen molar-refractivity contribution in [3.8, 4) is 0 Å². The van der Waals surface area contributed by atoms with Crippen molar-refractivity contribution in [2.24, 2.45) is 0 Å². The van der Waals surface area contributed by atoms with Crippen molar-refractivity contribution < 1.29 is 93.3 Å². The third kappa shape index (κ3) is 3.58. The smallest absolute Gasteiger partial charge is 0.743 e. The van der Waals surface area contributed by atoms with E-state index in [1.165, 1.54) is 0 Å². The topological polar surface area (TPSA) is 57.2 Å². The van der Waals surface area contributed by atoms with Crippen LogP contribution in [0.15, 0.2) is 0 Å². The van der Waals surface area contributed by atoms with Crippen LogP contribution in [-0.2, 0) is 10.1 Å². The van der Waals surface area contributed by atoms with E-state index in [0.717, 1.165) is 0 Å². The molecule has 0 saturated carbocycles. The van der Waals surface area contributed by atoms with E-state index in [1.54, 1.807) is 0 Å². The minimum Gasteiger partial charge on any atom is -0.743 e. The fraction of sp³-hybridized carbons (Fsp3) is 1.00. The molecule has 0 aliphatic rings. The largest absolute Gasteiger partial charge is 1.00 e. The predicted octanol–water partition coefficient (Wildman–Crippen LogP) is 1.35. The van der Waals surface area contributed by atoms with Crippen molar-refractivity contribution >= 4 is 10.1 Å². The molecule has 0 unspecified atom stereocenters. The summed E-state index contributed by atoms with van der Waals surface area (Å²) in [4.78, 5) is 0. The molecule has 0 saturated heterocycles. The molecule has 164 valence electrons. The first-order chi connectivity index (χ1) is 11.3. The second kappa shape index (κ2) is 7.34. The first-order valence-electron chi connectivity index (χ1n) is 5.91. The summed E-state index contributed by atoms with van der Waals surface area (Å²) in [6, 6.07) is 0. The maximum Gasteiger partial charge on any atom is 1.00 e. The third-order valence-electron chi connectivity index (χ3n) is 3.16. The Kier molecular flexibility index (Phi) is 7.79. The molecular formula is C9H5F14LiO3S. The van der Waals surface area contributed by atoms with Crippen LogP contribution < -0.4 is 18.9 Å². The maximum absolute atomic E-state index is 13.1. The molecule has 0 radical (unpaired) electrons. The molecule has 0 spiro atoms. The van der Waals surface area contributed by atoms with E-state index in [1.807, 2.05) is 0 Å². The molecule has 0 N–H and O–H groups in total. The van der Waals surface area contributed by atoms with E-state index in [2.05, 4.69) is 0 Å². The molecule has 0 aliphatic carbocycles. The Morgan fingerprint density at radius 3 is 1.11 bits per heavy atom. The van der Waals surface area contributed by atoms with Gasteiger partial charge in [0, 0.05) is 6.42 Å². The molecule has 0 amide bonds. The average molecular weight is 466 g/mol. The summed E-state index contributed by atoms with van der Waals surface area (Å²) < 4.78 is 211. The van der Waals surface area contributed by atoms with E-state index >= 15 is 0 Å². The van der Waals surface area contributed by atoms with Gasteiger partial charge in [0.25, 0.3) is 0 Å². The summed E-state index contributed by atoms with van der Waals surface area (Å²) in [5, 5.41) is -7.72. The number of alkyl halides is 14. The van der Waals surface area contributed by atoms with E-state index in [-0.39, 0.29) is 25.8 Å². The van der Waals surface area contributed by atoms with Gasteiger partial charge in [0.2, 0.25) is 0 Å². The standard InChI is InChI=1S/C9H6F14O3S.Li/c1-2-3(10,11)4(12,13)5(14,15)6(16,17)7(18,19)8(20,21)9(22,23)27(24,25)26;/h2H2,1H3,(H,24,25,26);/q;+1/p-1. The maximum atomic E-state index is 13.1. The van der Waals surface area contributed by atoms with Crippen LogP contribution in [0.3, 0.4) is 0 Å². The van der Waals surface area contributed by atoms with Gasteiger partial charge in [-0.1, -0.05) is 6.92 Å². The number of hydrogen-bond acceptors (Lipinski definition) is 3. The van der Waals surface area contributed by atoms with Gasteiger partial charge in [-0.2, -0.15) is 61.5 Å². The number of hydrogen-bond donors (Lipinski definition) is 0. The van der Waals surface area contributed by atoms with Crippen LogP contribution in [0.25, 0.3) is 0 Å². The molecule has 0 aromatic carbocycles. The van der Waals surface area contributed by atoms with Crippen molar-refractivity contribution in [1.29, 1.82) is 0 Å². The zero-order chi connectivity index (χ0) is 22.7. The van der Waals surface area contributed by atoms with Crippen LogP contribution in [0.2, 0.25) is 0 Å². The van der Waals surface area contributed by atoms with Gasteiger partial charge in [-0.25, -0.2) is 8.42 Å². The van der Waals surface area contributed by atoms with Crippen LogP contribution in [-0.4, -0.2) is 53.8 Å². The van der Waals surface area contributed by atoms with Gasteiger partial charge < -0.3 is 4.55 Å². The summed E-state index contributed by atoms with van der Waals surface area (Å²) in [5.74, 6) is -46.9. The van der Waals surface area contributed by atoms with Gasteiger partial charge in [0.1, 0.15) is 0 Å². The Morgan fingerprint density at radius 1 is 0.607 bits per heavy atom. The summed E-state index contributed by atoms with van der Waals surface area (Å²) in [6.45, 7) is -0.0347. The Bertz CT molecular complexity index is 674. The summed E-state index contributed by atoms with van der Waals surface area (Å²) >= 11 is 0. The number of halogens is 14. The third-order valence-corrected chi connectivity index (χ3v) is 4.04. The zero-order valence-corrected chi connectivity index (χ0v) is 13.9. The molecule has 0 aromatic heterocycles. The predicted molar refractivity (Wildman–Crippen MR) is 54.6 cm³/mol. The fourth-order valence-corrected chi connectivity index (χ4v) is 1.83. The summed E-state index contributed by atoms with van der Waals surface area (Å²) in [5.41, 5.74) is 0. The number of rotatable bonds is 8. The Hall–Kier alpha value is -0.473. The molecule has 0 bridgehead atoms. The molecule has 0 rings (SSSR count). The minimum absolute atomic E-state index is 0. The first-order valence-corrected chi connectivity index (χ1v) is 7.32. The van der Waals surface area contributed by atoms with Crippen LogP contribution in [0.5, 0.6) is 0 Å². The van der Waals surface area contributed by atoms with Crippen molar-refractivity contribution in [2.75, 3.05) is 0 Å². The Labute approximate surface area is 158 Å². The SMILES string of the molecule is CCC(F)(F)C(F)(F)C(F)(F)C(F)(F)C(F)(F)C(F)(F)C(F)(F)S(=O)(=O)[O-].[Li+]. The normalized spacial score (nSPS) is 16.0. The van der Waals surface area contributed by atoms with Gasteiger partial charge in [0.05, 0.1) is 0 Å². The fourth-order valence-electron chi connectivity index (χ4n) is 1.38. The van der Waals surface area contributed by atoms with Crippen LogP contribution in [0.4, 0.5) is 61.5 Å². The average Bonchev–Trinajstić information content (AvgIpc) is 2.44. The van der Waals surface area contributed by atoms with E-state index in [0.29, 0.717) is 0 Å². The van der Waals surface area contributed by atoms with Gasteiger partial charge in [-0.05, 0) is 0 Å². The van der Waals surface area contributed by atoms with Crippen molar-refractivity contribution in [3.05, 3.63) is 0 Å². The van der Waals surface area contributed by atoms with Gasteiger partial charge in [0.15, 0.2) is 10.1 Å². The van der Waals surface area contributed by atoms with Gasteiger partial charge in [-0.3, -0.25) is 0 Å². The van der Waals surface area contributed by atoms with Crippen molar-refractivity contribution in [2.45, 2.75) is 54.1 Å². The van der Waals surface area contributed by atoms with Crippen LogP contribution in [0, 0.1) is 0 Å². The molecule has 0 fully saturated rings. The summed E-state index contributed by atoms with van der Waals surface area (Å²) in [7, 11) is -7.94. The second-order valence-electron chi connectivity index (χ2n) is 4.90. The van der Waals surface area contributed by atoms with Gasteiger partial charge >= 0.3 is 59.7 Å². The molecule has 0 aromatic rings. The Morgan fingerprint density at radius 2 is 0.857 bits per heavy atom. The molecule has 3 nitrogen and oxygen atoms in total. The van der Waals surface area contributed by atoms with Crippen LogP contribution in [0.1, 0.15) is 13.3 Å². The van der Waals surface area contributed by atoms with Crippen LogP contribution >= 0.6 is 0 Å². The Balaban J connectivity index is 0. The van der Waals surface area contributed by atoms with E-state index in [4.69, 9.17) is 0 Å². The molecule has 0 heterocycles. The molecule has 28 heavy (non-hydrogen) atoms. The minimum atomic E-state index is -8.42. The first kappa shape index (κ1) is 29.7. The second-order valence-corrected chi connectivity index (χ2v) is 6.32. The van der Waals surface area contributed by atoms with Gasteiger partial charge in [-0.15, -0.1) is 0 Å². The molecule has 0 atom stereocenters. The summed E-state index contributed by atoms with van der Waals surface area (Å²) in [6.07, 6.45) is -2.42. The molecular weight excluding hydrogens is 461 g/mol. The van der Waals surface area contributed by atoms with E-state index in [9.17, 15) is 74.4 Å². The quantitative estimate of drug-likeness (QED) is 0.309. The molecule has 0 aliphatic heterocycles. The van der Waals surface area contributed by atoms with Crippen molar-refractivity contribution in [1.82, 2.24) is 0 Å². The van der Waals surface area contributed by atoms with Crippen molar-refractivity contribution in [3.63, 3.8) is 0 Å². The monoisotopic (exact) mass is 466 g/mol. The molecule has 19 heteroatoms.